The van der Waals surface area contributed by atoms with E-state index in [1.807, 2.05) is 32.3 Å². The average molecular weight is 330 g/mol. The molecule has 0 amide bonds. The van der Waals surface area contributed by atoms with Crippen LogP contribution >= 0.6 is 15.9 Å². The van der Waals surface area contributed by atoms with Crippen molar-refractivity contribution in [3.8, 4) is 5.75 Å². The first-order chi connectivity index (χ1) is 8.85. The van der Waals surface area contributed by atoms with Crippen LogP contribution in [0.2, 0.25) is 0 Å². The normalized spacial score (nSPS) is 16.2. The third-order valence-electron chi connectivity index (χ3n) is 4.12. The van der Waals surface area contributed by atoms with Gasteiger partial charge >= 0.3 is 0 Å². The lowest BCUT2D eigenvalue weighted by atomic mass is 9.86. The Bertz CT molecular complexity index is 423. The number of nitrogens with zero attached hydrogens (tertiary/aromatic N) is 1. The molecular formula is C15H24BrNO2. The van der Waals surface area contributed by atoms with E-state index in [9.17, 15) is 5.11 Å². The molecule has 0 aliphatic heterocycles. The molecule has 2 atom stereocenters. The number of ether oxygens (including phenoxy) is 1. The third kappa shape index (κ3) is 3.71. The first-order valence-electron chi connectivity index (χ1n) is 6.53. The van der Waals surface area contributed by atoms with Crippen LogP contribution in [0, 0.1) is 0 Å². The molecule has 0 heterocycles. The highest BCUT2D eigenvalue weighted by molar-refractivity contribution is 9.10. The Kier molecular flexibility index (Phi) is 5.83. The molecule has 1 N–H and O–H groups in total. The molecule has 0 bridgehead atoms. The van der Waals surface area contributed by atoms with Gasteiger partial charge in [-0.2, -0.15) is 0 Å². The van der Waals surface area contributed by atoms with E-state index >= 15 is 0 Å². The number of aliphatic hydroxyl groups is 1. The van der Waals surface area contributed by atoms with E-state index in [1.54, 1.807) is 7.11 Å². The van der Waals surface area contributed by atoms with Crippen molar-refractivity contribution in [2.45, 2.75) is 38.3 Å². The van der Waals surface area contributed by atoms with Crippen molar-refractivity contribution in [3.05, 3.63) is 28.2 Å². The Morgan fingerprint density at radius 1 is 1.42 bits per heavy atom. The highest BCUT2D eigenvalue weighted by Gasteiger charge is 2.33. The lowest BCUT2D eigenvalue weighted by Gasteiger charge is -2.40. The van der Waals surface area contributed by atoms with Gasteiger partial charge in [0.1, 0.15) is 5.75 Å². The predicted molar refractivity (Wildman–Crippen MR) is 82.8 cm³/mol. The van der Waals surface area contributed by atoms with Gasteiger partial charge in [0.2, 0.25) is 0 Å². The summed E-state index contributed by atoms with van der Waals surface area (Å²) in [7, 11) is 5.67. The number of halogens is 1. The maximum atomic E-state index is 10.6. The number of aliphatic hydroxyl groups excluding tert-OH is 1. The van der Waals surface area contributed by atoms with Crippen molar-refractivity contribution in [3.63, 3.8) is 0 Å². The highest BCUT2D eigenvalue weighted by atomic mass is 79.9. The van der Waals surface area contributed by atoms with Gasteiger partial charge in [-0.3, -0.25) is 0 Å². The maximum Gasteiger partial charge on any atom is 0.119 e. The van der Waals surface area contributed by atoms with Crippen molar-refractivity contribution < 1.29 is 9.84 Å². The summed E-state index contributed by atoms with van der Waals surface area (Å²) in [5.41, 5.74) is 0.830. The Hall–Kier alpha value is -0.580. The molecule has 108 valence electrons. The van der Waals surface area contributed by atoms with E-state index in [0.717, 1.165) is 22.2 Å². The second kappa shape index (κ2) is 6.73. The summed E-state index contributed by atoms with van der Waals surface area (Å²) in [6.07, 6.45) is 1.05. The maximum absolute atomic E-state index is 10.6. The van der Waals surface area contributed by atoms with Gasteiger partial charge in [-0.1, -0.05) is 22.9 Å². The number of rotatable bonds is 6. The number of methoxy groups -OCH3 is 1. The predicted octanol–water partition coefficient (Wildman–Crippen LogP) is 3.09. The average Bonchev–Trinajstić information content (AvgIpc) is 2.39. The second-order valence-corrected chi connectivity index (χ2v) is 6.14. The molecule has 1 aromatic rings. The Balaban J connectivity index is 2.95. The molecule has 0 radical (unpaired) electrons. The summed E-state index contributed by atoms with van der Waals surface area (Å²) in [4.78, 5) is 2.09. The Morgan fingerprint density at radius 3 is 2.53 bits per heavy atom. The Labute approximate surface area is 124 Å². The molecule has 1 aromatic carbocycles. The molecule has 1 rings (SSSR count). The van der Waals surface area contributed by atoms with E-state index in [-0.39, 0.29) is 5.54 Å². The first-order valence-corrected chi connectivity index (χ1v) is 7.32. The molecule has 0 aliphatic rings. The van der Waals surface area contributed by atoms with Gasteiger partial charge < -0.3 is 14.7 Å². The third-order valence-corrected chi connectivity index (χ3v) is 4.90. The summed E-state index contributed by atoms with van der Waals surface area (Å²) >= 11 is 3.53. The molecule has 0 saturated carbocycles. The van der Waals surface area contributed by atoms with Crippen LogP contribution in [0.3, 0.4) is 0 Å². The molecule has 19 heavy (non-hydrogen) atoms. The lowest BCUT2D eigenvalue weighted by Crippen LogP contribution is -2.51. The molecule has 0 aromatic heterocycles. The van der Waals surface area contributed by atoms with Crippen LogP contribution < -0.4 is 4.74 Å². The number of likely N-dealkylation sites (N-methyl/N-ethyl adjacent to an activating group) is 1. The summed E-state index contributed by atoms with van der Waals surface area (Å²) in [5.74, 6) is 0.813. The van der Waals surface area contributed by atoms with Gasteiger partial charge in [-0.25, -0.2) is 0 Å². The zero-order valence-electron chi connectivity index (χ0n) is 12.4. The molecule has 3 nitrogen and oxygen atoms in total. The molecule has 0 aliphatic carbocycles. The highest BCUT2D eigenvalue weighted by Crippen LogP contribution is 2.28. The van der Waals surface area contributed by atoms with Crippen LogP contribution in [0.25, 0.3) is 0 Å². The van der Waals surface area contributed by atoms with Gasteiger partial charge in [0.25, 0.3) is 0 Å². The number of benzene rings is 1. The van der Waals surface area contributed by atoms with Gasteiger partial charge in [0.05, 0.1) is 13.2 Å². The fourth-order valence-corrected chi connectivity index (χ4v) is 2.52. The van der Waals surface area contributed by atoms with Gasteiger partial charge in [0.15, 0.2) is 0 Å². The largest absolute Gasteiger partial charge is 0.497 e. The van der Waals surface area contributed by atoms with Gasteiger partial charge in [-0.15, -0.1) is 0 Å². The minimum atomic E-state index is -0.434. The van der Waals surface area contributed by atoms with E-state index < -0.39 is 6.10 Å². The molecule has 2 unspecified atom stereocenters. The van der Waals surface area contributed by atoms with Crippen LogP contribution in [0.15, 0.2) is 22.7 Å². The SMILES string of the molecule is CCC(C)(C(O)Cc1cc(OC)ccc1Br)N(C)C. The summed E-state index contributed by atoms with van der Waals surface area (Å²) in [5, 5.41) is 10.6. The molecule has 0 spiro atoms. The van der Waals surface area contributed by atoms with Crippen LogP contribution in [0.1, 0.15) is 25.8 Å². The first kappa shape index (κ1) is 16.5. The van der Waals surface area contributed by atoms with E-state index in [2.05, 4.69) is 34.7 Å². The molecule has 0 saturated heterocycles. The topological polar surface area (TPSA) is 32.7 Å². The monoisotopic (exact) mass is 329 g/mol. The lowest BCUT2D eigenvalue weighted by molar-refractivity contribution is 0.00290. The number of hydrogen-bond acceptors (Lipinski definition) is 3. The van der Waals surface area contributed by atoms with Crippen molar-refractivity contribution in [2.75, 3.05) is 21.2 Å². The molecule has 0 fully saturated rings. The van der Waals surface area contributed by atoms with E-state index in [0.29, 0.717) is 6.42 Å². The molecule has 4 heteroatoms. The van der Waals surface area contributed by atoms with Crippen molar-refractivity contribution in [1.29, 1.82) is 0 Å². The van der Waals surface area contributed by atoms with Crippen LogP contribution in [-0.4, -0.2) is 42.9 Å². The van der Waals surface area contributed by atoms with E-state index in [4.69, 9.17) is 4.74 Å². The van der Waals surface area contributed by atoms with E-state index in [1.165, 1.54) is 0 Å². The van der Waals surface area contributed by atoms with Gasteiger partial charge in [0, 0.05) is 16.4 Å². The smallest absolute Gasteiger partial charge is 0.119 e. The van der Waals surface area contributed by atoms with Crippen LogP contribution in [0.4, 0.5) is 0 Å². The minimum absolute atomic E-state index is 0.234. The summed E-state index contributed by atoms with van der Waals surface area (Å²) in [6, 6.07) is 5.84. The van der Waals surface area contributed by atoms with Gasteiger partial charge in [-0.05, 0) is 51.2 Å². The Morgan fingerprint density at radius 2 is 2.05 bits per heavy atom. The van der Waals surface area contributed by atoms with Crippen LogP contribution in [0.5, 0.6) is 5.75 Å². The number of hydrogen-bond donors (Lipinski definition) is 1. The second-order valence-electron chi connectivity index (χ2n) is 5.28. The van der Waals surface area contributed by atoms with Crippen molar-refractivity contribution in [1.82, 2.24) is 4.90 Å². The zero-order chi connectivity index (χ0) is 14.6. The zero-order valence-corrected chi connectivity index (χ0v) is 14.0. The summed E-state index contributed by atoms with van der Waals surface area (Å²) < 4.78 is 6.24. The minimum Gasteiger partial charge on any atom is -0.497 e. The summed E-state index contributed by atoms with van der Waals surface area (Å²) in [6.45, 7) is 4.19. The quantitative estimate of drug-likeness (QED) is 0.870. The molecular weight excluding hydrogens is 306 g/mol. The standard InChI is InChI=1S/C15H24BrNO2/c1-6-15(2,17(3)4)14(18)10-11-9-12(19-5)7-8-13(11)16/h7-9,14,18H,6,10H2,1-5H3. The van der Waals surface area contributed by atoms with Crippen molar-refractivity contribution in [2.24, 2.45) is 0 Å². The van der Waals surface area contributed by atoms with Crippen LogP contribution in [-0.2, 0) is 6.42 Å². The van der Waals surface area contributed by atoms with Crippen molar-refractivity contribution >= 4 is 15.9 Å². The fourth-order valence-electron chi connectivity index (χ4n) is 2.11. The fraction of sp³-hybridized carbons (Fsp3) is 0.600.